The molecule has 0 atom stereocenters. The van der Waals surface area contributed by atoms with Crippen LogP contribution in [0, 0.1) is 5.82 Å². The summed E-state index contributed by atoms with van der Waals surface area (Å²) in [4.78, 5) is 14.4. The molecule has 2 nitrogen and oxygen atoms in total. The number of anilines is 1. The summed E-state index contributed by atoms with van der Waals surface area (Å²) in [6.45, 7) is 4.85. The summed E-state index contributed by atoms with van der Waals surface area (Å²) < 4.78 is 13.2. The quantitative estimate of drug-likeness (QED) is 0.766. The summed E-state index contributed by atoms with van der Waals surface area (Å²) >= 11 is 1.68. The first-order chi connectivity index (χ1) is 9.11. The minimum Gasteiger partial charge on any atom is -0.363 e. The Kier molecular flexibility index (Phi) is 4.32. The third-order valence-electron chi connectivity index (χ3n) is 2.96. The Morgan fingerprint density at radius 3 is 2.74 bits per heavy atom. The van der Waals surface area contributed by atoms with E-state index in [2.05, 4.69) is 24.8 Å². The largest absolute Gasteiger partial charge is 0.363 e. The van der Waals surface area contributed by atoms with E-state index in [9.17, 15) is 9.18 Å². The third kappa shape index (κ3) is 3.20. The summed E-state index contributed by atoms with van der Waals surface area (Å²) in [5.41, 5.74) is 1.17. The number of benzene rings is 1. The maximum atomic E-state index is 13.2. The predicted octanol–water partition coefficient (Wildman–Crippen LogP) is 4.11. The van der Waals surface area contributed by atoms with Crippen molar-refractivity contribution >= 4 is 23.3 Å². The molecule has 0 aliphatic heterocycles. The van der Waals surface area contributed by atoms with Gasteiger partial charge in [-0.3, -0.25) is 4.79 Å². The van der Waals surface area contributed by atoms with Crippen LogP contribution >= 0.6 is 11.3 Å². The van der Waals surface area contributed by atoms with Gasteiger partial charge >= 0.3 is 0 Å². The Hall–Kier alpha value is -1.68. The zero-order chi connectivity index (χ0) is 13.8. The van der Waals surface area contributed by atoms with E-state index in [1.165, 1.54) is 17.0 Å². The smallest absolute Gasteiger partial charge is 0.152 e. The fraction of sp³-hybridized carbons (Fsp3) is 0.267. The van der Waals surface area contributed by atoms with Crippen molar-refractivity contribution in [3.8, 4) is 0 Å². The standard InChI is InChI=1S/C15H16FNOS/c1-11(2)17(9-14-4-3-7-19-14)15-6-5-13(16)8-12(15)10-18/h3-8,10-11H,9H2,1-2H3. The average Bonchev–Trinajstić information content (AvgIpc) is 2.89. The highest BCUT2D eigenvalue weighted by Gasteiger charge is 2.15. The first kappa shape index (κ1) is 13.7. The van der Waals surface area contributed by atoms with E-state index in [0.29, 0.717) is 11.8 Å². The molecule has 0 aliphatic carbocycles. The summed E-state index contributed by atoms with van der Waals surface area (Å²) in [6, 6.07) is 8.64. The summed E-state index contributed by atoms with van der Waals surface area (Å²) in [5.74, 6) is -0.384. The molecular weight excluding hydrogens is 261 g/mol. The van der Waals surface area contributed by atoms with Crippen LogP contribution in [0.4, 0.5) is 10.1 Å². The molecule has 0 radical (unpaired) electrons. The molecule has 2 aromatic rings. The van der Waals surface area contributed by atoms with Gasteiger partial charge in [0.25, 0.3) is 0 Å². The van der Waals surface area contributed by atoms with Crippen LogP contribution < -0.4 is 4.90 Å². The number of thiophene rings is 1. The number of hydrogen-bond donors (Lipinski definition) is 0. The summed E-state index contributed by atoms with van der Waals surface area (Å²) in [6.07, 6.45) is 0.711. The van der Waals surface area contributed by atoms with E-state index >= 15 is 0 Å². The van der Waals surface area contributed by atoms with Crippen LogP contribution in [0.25, 0.3) is 0 Å². The molecule has 1 heterocycles. The van der Waals surface area contributed by atoms with Gasteiger partial charge in [0, 0.05) is 22.2 Å². The van der Waals surface area contributed by atoms with Crippen molar-refractivity contribution in [2.24, 2.45) is 0 Å². The number of aldehydes is 1. The summed E-state index contributed by atoms with van der Waals surface area (Å²) in [5, 5.41) is 2.03. The topological polar surface area (TPSA) is 20.3 Å². The van der Waals surface area contributed by atoms with E-state index in [1.54, 1.807) is 17.4 Å². The molecule has 0 saturated heterocycles. The lowest BCUT2D eigenvalue weighted by atomic mass is 10.1. The molecule has 0 unspecified atom stereocenters. The number of nitrogens with zero attached hydrogens (tertiary/aromatic N) is 1. The SMILES string of the molecule is CC(C)N(Cc1cccs1)c1ccc(F)cc1C=O. The Balaban J connectivity index is 2.36. The number of carbonyl (C=O) groups is 1. The Labute approximate surface area is 116 Å². The molecule has 0 N–H and O–H groups in total. The first-order valence-electron chi connectivity index (χ1n) is 6.15. The van der Waals surface area contributed by atoms with Crippen LogP contribution in [0.5, 0.6) is 0 Å². The Bertz CT molecular complexity index is 551. The van der Waals surface area contributed by atoms with Gasteiger partial charge in [-0.25, -0.2) is 4.39 Å². The van der Waals surface area contributed by atoms with Crippen molar-refractivity contribution in [1.82, 2.24) is 0 Å². The van der Waals surface area contributed by atoms with Gasteiger partial charge in [-0.05, 0) is 43.5 Å². The van der Waals surface area contributed by atoms with Gasteiger partial charge in [-0.2, -0.15) is 0 Å². The molecule has 2 rings (SSSR count). The van der Waals surface area contributed by atoms with Gasteiger partial charge in [-0.15, -0.1) is 11.3 Å². The summed E-state index contributed by atoms with van der Waals surface area (Å²) in [7, 11) is 0. The lowest BCUT2D eigenvalue weighted by molar-refractivity contribution is 0.112. The van der Waals surface area contributed by atoms with Gasteiger partial charge < -0.3 is 4.90 Å². The Morgan fingerprint density at radius 1 is 1.37 bits per heavy atom. The molecule has 0 saturated carbocycles. The van der Waals surface area contributed by atoms with E-state index in [4.69, 9.17) is 0 Å². The third-order valence-corrected chi connectivity index (χ3v) is 3.82. The molecule has 100 valence electrons. The molecule has 19 heavy (non-hydrogen) atoms. The van der Waals surface area contributed by atoms with Crippen molar-refractivity contribution in [3.63, 3.8) is 0 Å². The lowest BCUT2D eigenvalue weighted by Gasteiger charge is -2.29. The van der Waals surface area contributed by atoms with E-state index < -0.39 is 0 Å². The second-order valence-electron chi connectivity index (χ2n) is 4.62. The maximum absolute atomic E-state index is 13.2. The van der Waals surface area contributed by atoms with Gasteiger partial charge in [-0.1, -0.05) is 6.07 Å². The van der Waals surface area contributed by atoms with Gasteiger partial charge in [0.1, 0.15) is 5.82 Å². The molecule has 0 amide bonds. The highest BCUT2D eigenvalue weighted by Crippen LogP contribution is 2.25. The highest BCUT2D eigenvalue weighted by molar-refractivity contribution is 7.09. The number of hydrogen-bond acceptors (Lipinski definition) is 3. The van der Waals surface area contributed by atoms with Gasteiger partial charge in [0.15, 0.2) is 6.29 Å². The molecule has 1 aromatic carbocycles. The van der Waals surface area contributed by atoms with Crippen molar-refractivity contribution in [2.45, 2.75) is 26.4 Å². The van der Waals surface area contributed by atoms with Gasteiger partial charge in [0.05, 0.1) is 6.54 Å². The normalized spacial score (nSPS) is 10.7. The van der Waals surface area contributed by atoms with Gasteiger partial charge in [0.2, 0.25) is 0 Å². The lowest BCUT2D eigenvalue weighted by Crippen LogP contribution is -2.30. The molecule has 0 aliphatic rings. The average molecular weight is 277 g/mol. The van der Waals surface area contributed by atoms with Crippen LogP contribution in [0.3, 0.4) is 0 Å². The van der Waals surface area contributed by atoms with E-state index in [0.717, 1.165) is 12.2 Å². The van der Waals surface area contributed by atoms with E-state index in [-0.39, 0.29) is 11.9 Å². The van der Waals surface area contributed by atoms with Crippen LogP contribution in [0.15, 0.2) is 35.7 Å². The van der Waals surface area contributed by atoms with Crippen LogP contribution in [0.1, 0.15) is 29.1 Å². The monoisotopic (exact) mass is 277 g/mol. The maximum Gasteiger partial charge on any atom is 0.152 e. The van der Waals surface area contributed by atoms with Crippen molar-refractivity contribution in [1.29, 1.82) is 0 Å². The minimum absolute atomic E-state index is 0.228. The van der Waals surface area contributed by atoms with E-state index in [1.807, 2.05) is 11.4 Å². The zero-order valence-corrected chi connectivity index (χ0v) is 11.8. The molecule has 1 aromatic heterocycles. The highest BCUT2D eigenvalue weighted by atomic mass is 32.1. The molecule has 0 spiro atoms. The van der Waals surface area contributed by atoms with Crippen LogP contribution in [0.2, 0.25) is 0 Å². The van der Waals surface area contributed by atoms with Crippen molar-refractivity contribution < 1.29 is 9.18 Å². The zero-order valence-electron chi connectivity index (χ0n) is 11.0. The molecular formula is C15H16FNOS. The predicted molar refractivity (Wildman–Crippen MR) is 77.4 cm³/mol. The van der Waals surface area contributed by atoms with Crippen molar-refractivity contribution in [3.05, 3.63) is 52.0 Å². The molecule has 0 fully saturated rings. The second kappa shape index (κ2) is 5.97. The number of carbonyl (C=O) groups excluding carboxylic acids is 1. The fourth-order valence-corrected chi connectivity index (χ4v) is 2.70. The Morgan fingerprint density at radius 2 is 2.16 bits per heavy atom. The number of rotatable bonds is 5. The first-order valence-corrected chi connectivity index (χ1v) is 7.03. The van der Waals surface area contributed by atoms with Crippen LogP contribution in [-0.2, 0) is 6.54 Å². The fourth-order valence-electron chi connectivity index (χ4n) is 2.00. The second-order valence-corrected chi connectivity index (χ2v) is 5.65. The van der Waals surface area contributed by atoms with Crippen molar-refractivity contribution in [2.75, 3.05) is 4.90 Å². The molecule has 4 heteroatoms. The minimum atomic E-state index is -0.384. The number of halogens is 1. The molecule has 0 bridgehead atoms. The van der Waals surface area contributed by atoms with Crippen LogP contribution in [-0.4, -0.2) is 12.3 Å².